The molecule has 0 bridgehead atoms. The van der Waals surface area contributed by atoms with Gasteiger partial charge < -0.3 is 10.5 Å². The van der Waals surface area contributed by atoms with E-state index >= 15 is 0 Å². The second kappa shape index (κ2) is 8.92. The van der Waals surface area contributed by atoms with E-state index in [0.717, 1.165) is 12.1 Å². The fourth-order valence-electron chi connectivity index (χ4n) is 1.82. The van der Waals surface area contributed by atoms with Crippen molar-refractivity contribution in [1.82, 2.24) is 4.72 Å². The average Bonchev–Trinajstić information content (AvgIpc) is 2.46. The van der Waals surface area contributed by atoms with Crippen molar-refractivity contribution in [3.63, 3.8) is 0 Å². The van der Waals surface area contributed by atoms with E-state index in [-0.39, 0.29) is 36.7 Å². The quantitative estimate of drug-likeness (QED) is 0.409. The van der Waals surface area contributed by atoms with Gasteiger partial charge in [0, 0.05) is 24.2 Å². The molecule has 0 aliphatic rings. The lowest BCUT2D eigenvalue weighted by atomic mass is 10.1. The molecule has 1 aromatic rings. The van der Waals surface area contributed by atoms with Gasteiger partial charge in [0.05, 0.1) is 22.0 Å². The summed E-state index contributed by atoms with van der Waals surface area (Å²) >= 11 is 0. The van der Waals surface area contributed by atoms with Crippen LogP contribution in [0.1, 0.15) is 29.8 Å². The van der Waals surface area contributed by atoms with Gasteiger partial charge in [0.2, 0.25) is 10.0 Å². The van der Waals surface area contributed by atoms with E-state index in [2.05, 4.69) is 4.72 Å². The van der Waals surface area contributed by atoms with Crippen molar-refractivity contribution in [2.75, 3.05) is 13.2 Å². The molecule has 3 N–H and O–H groups in total. The first-order valence-corrected chi connectivity index (χ1v) is 8.30. The third kappa shape index (κ3) is 5.13. The minimum Gasteiger partial charge on any atom is -0.462 e. The van der Waals surface area contributed by atoms with E-state index in [4.69, 9.17) is 10.5 Å². The van der Waals surface area contributed by atoms with Gasteiger partial charge in [-0.25, -0.2) is 17.9 Å². The molecule has 0 fully saturated rings. The molecule has 1 atom stereocenters. The van der Waals surface area contributed by atoms with Crippen molar-refractivity contribution >= 4 is 34.1 Å². The summed E-state index contributed by atoms with van der Waals surface area (Å²) in [6.45, 7) is 4.60. The molecule has 0 amide bonds. The van der Waals surface area contributed by atoms with Crippen LogP contribution in [0.5, 0.6) is 0 Å². The lowest BCUT2D eigenvalue weighted by Crippen LogP contribution is -2.37. The number of nitrogens with one attached hydrogen (secondary N) is 1. The van der Waals surface area contributed by atoms with Gasteiger partial charge in [0.25, 0.3) is 5.69 Å². The maximum absolute atomic E-state index is 12.3. The average molecular weight is 382 g/mol. The van der Waals surface area contributed by atoms with Gasteiger partial charge in [-0.05, 0) is 26.8 Å². The Hall–Kier alpha value is -1.75. The molecule has 0 radical (unpaired) electrons. The van der Waals surface area contributed by atoms with Gasteiger partial charge in [-0.3, -0.25) is 10.1 Å². The van der Waals surface area contributed by atoms with Gasteiger partial charge in [-0.1, -0.05) is 0 Å². The Morgan fingerprint density at radius 2 is 2.04 bits per heavy atom. The highest BCUT2D eigenvalue weighted by atomic mass is 35.5. The molecular formula is C13H20ClN3O6S. The molecule has 0 spiro atoms. The van der Waals surface area contributed by atoms with Crippen LogP contribution in [-0.2, 0) is 14.8 Å². The number of nitro benzene ring substituents is 1. The number of carbonyl (C=O) groups is 1. The largest absolute Gasteiger partial charge is 0.462 e. The number of sulfonamides is 1. The summed E-state index contributed by atoms with van der Waals surface area (Å²) < 4.78 is 31.7. The molecule has 11 heteroatoms. The zero-order chi connectivity index (χ0) is 17.8. The second-order valence-corrected chi connectivity index (χ2v) is 6.56. The number of hydrogen-bond donors (Lipinski definition) is 2. The van der Waals surface area contributed by atoms with Crippen LogP contribution in [0, 0.1) is 17.0 Å². The van der Waals surface area contributed by atoms with Crippen molar-refractivity contribution in [3.05, 3.63) is 33.4 Å². The highest BCUT2D eigenvalue weighted by Gasteiger charge is 2.26. The molecule has 1 rings (SSSR count). The van der Waals surface area contributed by atoms with Crippen LogP contribution in [0.4, 0.5) is 5.69 Å². The van der Waals surface area contributed by atoms with Crippen LogP contribution < -0.4 is 10.5 Å². The van der Waals surface area contributed by atoms with E-state index in [1.807, 2.05) is 0 Å². The second-order valence-electron chi connectivity index (χ2n) is 4.85. The minimum absolute atomic E-state index is 0. The number of nitrogens with two attached hydrogens (primary N) is 1. The summed E-state index contributed by atoms with van der Waals surface area (Å²) in [7, 11) is -4.06. The van der Waals surface area contributed by atoms with Crippen LogP contribution in [-0.4, -0.2) is 38.5 Å². The Bertz CT molecular complexity index is 723. The van der Waals surface area contributed by atoms with E-state index < -0.39 is 37.5 Å². The lowest BCUT2D eigenvalue weighted by molar-refractivity contribution is -0.385. The van der Waals surface area contributed by atoms with E-state index in [1.165, 1.54) is 6.92 Å². The number of esters is 1. The maximum atomic E-state index is 12.3. The molecule has 0 heterocycles. The van der Waals surface area contributed by atoms with Gasteiger partial charge in [-0.2, -0.15) is 0 Å². The monoisotopic (exact) mass is 381 g/mol. The summed E-state index contributed by atoms with van der Waals surface area (Å²) in [5, 5.41) is 11.1. The minimum atomic E-state index is -4.06. The smallest absolute Gasteiger partial charge is 0.338 e. The molecule has 0 unspecified atom stereocenters. The van der Waals surface area contributed by atoms with Crippen LogP contribution >= 0.6 is 12.4 Å². The number of benzene rings is 1. The third-order valence-corrected chi connectivity index (χ3v) is 4.63. The number of hydrogen-bond acceptors (Lipinski definition) is 7. The Morgan fingerprint density at radius 1 is 1.46 bits per heavy atom. The first-order chi connectivity index (χ1) is 10.6. The SMILES string of the molecule is CCOC(=O)c1cc(S(=O)(=O)N[C@@H](C)CN)cc([N+](=O)[O-])c1C.Cl. The normalized spacial score (nSPS) is 12.2. The topological polar surface area (TPSA) is 142 Å². The van der Waals surface area contributed by atoms with E-state index in [0.29, 0.717) is 0 Å². The standard InChI is InChI=1S/C13H19N3O6S.ClH/c1-4-22-13(17)11-5-10(6-12(9(11)3)16(18)19)23(20,21)15-8(2)7-14;/h5-6,8,15H,4,7,14H2,1-3H3;1H/t8-;/m0./s1. The van der Waals surface area contributed by atoms with Gasteiger partial charge in [0.15, 0.2) is 0 Å². The summed E-state index contributed by atoms with van der Waals surface area (Å²) in [6.07, 6.45) is 0. The molecule has 136 valence electrons. The first-order valence-electron chi connectivity index (χ1n) is 6.82. The Labute approximate surface area is 146 Å². The molecule has 9 nitrogen and oxygen atoms in total. The van der Waals surface area contributed by atoms with Gasteiger partial charge in [0.1, 0.15) is 0 Å². The van der Waals surface area contributed by atoms with Crippen molar-refractivity contribution in [2.45, 2.75) is 31.7 Å². The van der Waals surface area contributed by atoms with Crippen LogP contribution in [0.3, 0.4) is 0 Å². The molecule has 0 aromatic heterocycles. The van der Waals surface area contributed by atoms with Gasteiger partial charge >= 0.3 is 5.97 Å². The number of ether oxygens (including phenoxy) is 1. The molecule has 0 aliphatic carbocycles. The van der Waals surface area contributed by atoms with Gasteiger partial charge in [-0.15, -0.1) is 12.4 Å². The third-order valence-electron chi connectivity index (χ3n) is 3.07. The number of nitro groups is 1. The number of carbonyl (C=O) groups excluding carboxylic acids is 1. The highest BCUT2D eigenvalue weighted by Crippen LogP contribution is 2.27. The highest BCUT2D eigenvalue weighted by molar-refractivity contribution is 7.89. The summed E-state index contributed by atoms with van der Waals surface area (Å²) in [5.41, 5.74) is 4.77. The Morgan fingerprint density at radius 3 is 2.50 bits per heavy atom. The molecule has 0 saturated carbocycles. The fourth-order valence-corrected chi connectivity index (χ4v) is 3.12. The summed E-state index contributed by atoms with van der Waals surface area (Å²) in [4.78, 5) is 21.9. The Kier molecular flexibility index (Phi) is 8.27. The van der Waals surface area contributed by atoms with Crippen molar-refractivity contribution in [1.29, 1.82) is 0 Å². The molecule has 24 heavy (non-hydrogen) atoms. The number of nitrogens with zero attached hydrogens (tertiary/aromatic N) is 1. The van der Waals surface area contributed by atoms with Crippen molar-refractivity contribution < 1.29 is 22.9 Å². The molecule has 0 saturated heterocycles. The number of halogens is 1. The molecule has 1 aromatic carbocycles. The predicted octanol–water partition coefficient (Wildman–Crippen LogP) is 1.13. The lowest BCUT2D eigenvalue weighted by Gasteiger charge is -2.14. The van der Waals surface area contributed by atoms with Crippen molar-refractivity contribution in [2.24, 2.45) is 5.73 Å². The summed E-state index contributed by atoms with van der Waals surface area (Å²) in [6, 6.07) is 1.40. The molecular weight excluding hydrogens is 362 g/mol. The van der Waals surface area contributed by atoms with E-state index in [1.54, 1.807) is 13.8 Å². The van der Waals surface area contributed by atoms with Crippen LogP contribution in [0.25, 0.3) is 0 Å². The van der Waals surface area contributed by atoms with E-state index in [9.17, 15) is 23.3 Å². The van der Waals surface area contributed by atoms with Crippen LogP contribution in [0.15, 0.2) is 17.0 Å². The zero-order valence-corrected chi connectivity index (χ0v) is 15.1. The molecule has 0 aliphatic heterocycles. The maximum Gasteiger partial charge on any atom is 0.338 e. The summed E-state index contributed by atoms with van der Waals surface area (Å²) in [5.74, 6) is -0.822. The first kappa shape index (κ1) is 22.2. The van der Waals surface area contributed by atoms with Crippen LogP contribution in [0.2, 0.25) is 0 Å². The number of rotatable bonds is 7. The predicted molar refractivity (Wildman–Crippen MR) is 89.9 cm³/mol. The zero-order valence-electron chi connectivity index (χ0n) is 13.4. The van der Waals surface area contributed by atoms with Crippen molar-refractivity contribution in [3.8, 4) is 0 Å². The fraction of sp³-hybridized carbons (Fsp3) is 0.462. The Balaban J connectivity index is 0.00000529.